The van der Waals surface area contributed by atoms with E-state index in [0.717, 1.165) is 0 Å². The van der Waals surface area contributed by atoms with Gasteiger partial charge in [-0.2, -0.15) is 0 Å². The molecule has 1 fully saturated rings. The van der Waals surface area contributed by atoms with Crippen LogP contribution in [0.1, 0.15) is 20.3 Å². The molecule has 0 bridgehead atoms. The fraction of sp³-hybridized carbons (Fsp3) is 1.00. The molecule has 0 spiro atoms. The average molecular weight is 159 g/mol. The first-order chi connectivity index (χ1) is 5.06. The van der Waals surface area contributed by atoms with Crippen LogP contribution < -0.4 is 5.73 Å². The van der Waals surface area contributed by atoms with Gasteiger partial charge in [0, 0.05) is 19.1 Å². The van der Waals surface area contributed by atoms with Gasteiger partial charge >= 0.3 is 0 Å². The summed E-state index contributed by atoms with van der Waals surface area (Å²) in [5.74, 6) is 0.307. The van der Waals surface area contributed by atoms with E-state index >= 15 is 0 Å². The van der Waals surface area contributed by atoms with E-state index in [4.69, 9.17) is 10.5 Å². The topological polar surface area (TPSA) is 55.5 Å². The third kappa shape index (κ3) is 1.72. The first-order valence-corrected chi connectivity index (χ1v) is 4.12. The molecule has 11 heavy (non-hydrogen) atoms. The van der Waals surface area contributed by atoms with Crippen LogP contribution in [0.5, 0.6) is 0 Å². The first-order valence-electron chi connectivity index (χ1n) is 4.12. The van der Waals surface area contributed by atoms with Gasteiger partial charge in [-0.1, -0.05) is 13.8 Å². The zero-order chi connectivity index (χ0) is 8.48. The van der Waals surface area contributed by atoms with Crippen molar-refractivity contribution in [2.45, 2.75) is 31.9 Å². The lowest BCUT2D eigenvalue weighted by Crippen LogP contribution is -2.51. The number of hydrogen-bond acceptors (Lipinski definition) is 3. The lowest BCUT2D eigenvalue weighted by molar-refractivity contribution is -0.00805. The summed E-state index contributed by atoms with van der Waals surface area (Å²) in [5, 5.41) is 9.88. The normalized spacial score (nSPS) is 34.6. The Morgan fingerprint density at radius 2 is 2.18 bits per heavy atom. The SMILES string of the molecule is CC(C)C(N)C1(O)CCOC1. The van der Waals surface area contributed by atoms with Gasteiger partial charge in [-0.3, -0.25) is 0 Å². The monoisotopic (exact) mass is 159 g/mol. The maximum Gasteiger partial charge on any atom is 0.105 e. The quantitative estimate of drug-likeness (QED) is 0.601. The second kappa shape index (κ2) is 3.09. The zero-order valence-electron chi connectivity index (χ0n) is 7.21. The second-order valence-corrected chi connectivity index (χ2v) is 3.68. The average Bonchev–Trinajstić information content (AvgIpc) is 2.35. The fourth-order valence-corrected chi connectivity index (χ4v) is 1.45. The lowest BCUT2D eigenvalue weighted by Gasteiger charge is -2.30. The Morgan fingerprint density at radius 1 is 1.55 bits per heavy atom. The largest absolute Gasteiger partial charge is 0.386 e. The minimum absolute atomic E-state index is 0.162. The number of ether oxygens (including phenoxy) is 1. The number of hydrogen-bond donors (Lipinski definition) is 2. The van der Waals surface area contributed by atoms with Crippen molar-refractivity contribution in [2.75, 3.05) is 13.2 Å². The highest BCUT2D eigenvalue weighted by molar-refractivity contribution is 4.93. The molecule has 0 aromatic carbocycles. The Bertz CT molecular complexity index is 130. The van der Waals surface area contributed by atoms with E-state index in [1.807, 2.05) is 13.8 Å². The molecule has 0 amide bonds. The van der Waals surface area contributed by atoms with Gasteiger partial charge in [-0.05, 0) is 5.92 Å². The summed E-state index contributed by atoms with van der Waals surface area (Å²) in [5.41, 5.74) is 5.06. The van der Waals surface area contributed by atoms with Crippen molar-refractivity contribution in [3.63, 3.8) is 0 Å². The van der Waals surface area contributed by atoms with Crippen LogP contribution in [0.4, 0.5) is 0 Å². The molecule has 1 saturated heterocycles. The van der Waals surface area contributed by atoms with Crippen LogP contribution in [0.3, 0.4) is 0 Å². The Labute approximate surface area is 67.5 Å². The van der Waals surface area contributed by atoms with Crippen molar-refractivity contribution in [2.24, 2.45) is 11.7 Å². The summed E-state index contributed by atoms with van der Waals surface area (Å²) < 4.78 is 5.10. The summed E-state index contributed by atoms with van der Waals surface area (Å²) in [6.07, 6.45) is 0.673. The van der Waals surface area contributed by atoms with Crippen LogP contribution in [-0.4, -0.2) is 30.0 Å². The molecule has 0 aliphatic carbocycles. The highest BCUT2D eigenvalue weighted by atomic mass is 16.5. The van der Waals surface area contributed by atoms with Crippen LogP contribution in [0.15, 0.2) is 0 Å². The van der Waals surface area contributed by atoms with E-state index in [2.05, 4.69) is 0 Å². The van der Waals surface area contributed by atoms with E-state index in [-0.39, 0.29) is 6.04 Å². The predicted molar refractivity (Wildman–Crippen MR) is 43.2 cm³/mol. The fourth-order valence-electron chi connectivity index (χ4n) is 1.45. The van der Waals surface area contributed by atoms with Gasteiger partial charge in [-0.25, -0.2) is 0 Å². The highest BCUT2D eigenvalue weighted by Gasteiger charge is 2.39. The van der Waals surface area contributed by atoms with Crippen LogP contribution in [-0.2, 0) is 4.74 Å². The lowest BCUT2D eigenvalue weighted by atomic mass is 9.86. The summed E-state index contributed by atoms with van der Waals surface area (Å²) in [7, 11) is 0. The molecule has 0 saturated carbocycles. The molecule has 3 heteroatoms. The molecule has 66 valence electrons. The van der Waals surface area contributed by atoms with E-state index in [9.17, 15) is 5.11 Å². The van der Waals surface area contributed by atoms with Crippen molar-refractivity contribution in [1.29, 1.82) is 0 Å². The molecule has 3 N–H and O–H groups in total. The molecular weight excluding hydrogens is 142 g/mol. The minimum Gasteiger partial charge on any atom is -0.386 e. The molecule has 3 nitrogen and oxygen atoms in total. The molecule has 0 radical (unpaired) electrons. The van der Waals surface area contributed by atoms with Gasteiger partial charge in [0.25, 0.3) is 0 Å². The zero-order valence-corrected chi connectivity index (χ0v) is 7.21. The summed E-state index contributed by atoms with van der Waals surface area (Å²) >= 11 is 0. The van der Waals surface area contributed by atoms with Gasteiger partial charge in [0.05, 0.1) is 6.61 Å². The van der Waals surface area contributed by atoms with E-state index < -0.39 is 5.60 Å². The van der Waals surface area contributed by atoms with Crippen LogP contribution in [0.25, 0.3) is 0 Å². The molecule has 0 aromatic heterocycles. The van der Waals surface area contributed by atoms with E-state index in [1.54, 1.807) is 0 Å². The van der Waals surface area contributed by atoms with Crippen molar-refractivity contribution >= 4 is 0 Å². The molecule has 1 rings (SSSR count). The Morgan fingerprint density at radius 3 is 2.55 bits per heavy atom. The first kappa shape index (κ1) is 8.97. The van der Waals surface area contributed by atoms with Crippen LogP contribution in [0, 0.1) is 5.92 Å². The molecule has 2 atom stereocenters. The molecule has 0 aromatic rings. The molecule has 2 unspecified atom stereocenters. The van der Waals surface area contributed by atoms with Gasteiger partial charge in [0.1, 0.15) is 5.60 Å². The molecule has 1 heterocycles. The molecule has 1 aliphatic heterocycles. The standard InChI is InChI=1S/C8H17NO2/c1-6(2)7(9)8(10)3-4-11-5-8/h6-7,10H,3-5,9H2,1-2H3. The number of rotatable bonds is 2. The van der Waals surface area contributed by atoms with Gasteiger partial charge in [-0.15, -0.1) is 0 Å². The van der Waals surface area contributed by atoms with Crippen molar-refractivity contribution < 1.29 is 9.84 Å². The third-order valence-electron chi connectivity index (χ3n) is 2.37. The van der Waals surface area contributed by atoms with Gasteiger partial charge in [0.15, 0.2) is 0 Å². The molecular formula is C8H17NO2. The Balaban J connectivity index is 2.56. The summed E-state index contributed by atoms with van der Waals surface area (Å²) in [6.45, 7) is 5.06. The maximum atomic E-state index is 9.88. The third-order valence-corrected chi connectivity index (χ3v) is 2.37. The highest BCUT2D eigenvalue weighted by Crippen LogP contribution is 2.24. The smallest absolute Gasteiger partial charge is 0.105 e. The number of aliphatic hydroxyl groups is 1. The second-order valence-electron chi connectivity index (χ2n) is 3.68. The Kier molecular flexibility index (Phi) is 2.52. The van der Waals surface area contributed by atoms with E-state index in [0.29, 0.717) is 25.6 Å². The number of nitrogens with two attached hydrogens (primary N) is 1. The van der Waals surface area contributed by atoms with Crippen molar-refractivity contribution in [1.82, 2.24) is 0 Å². The van der Waals surface area contributed by atoms with Gasteiger partial charge in [0.2, 0.25) is 0 Å². The van der Waals surface area contributed by atoms with Crippen molar-refractivity contribution in [3.8, 4) is 0 Å². The Hall–Kier alpha value is -0.120. The molecule has 1 aliphatic rings. The summed E-state index contributed by atoms with van der Waals surface area (Å²) in [6, 6.07) is -0.162. The minimum atomic E-state index is -0.770. The maximum absolute atomic E-state index is 9.88. The van der Waals surface area contributed by atoms with E-state index in [1.165, 1.54) is 0 Å². The van der Waals surface area contributed by atoms with Crippen LogP contribution in [0.2, 0.25) is 0 Å². The van der Waals surface area contributed by atoms with Gasteiger partial charge < -0.3 is 15.6 Å². The van der Waals surface area contributed by atoms with Crippen LogP contribution >= 0.6 is 0 Å². The predicted octanol–water partition coefficient (Wildman–Crippen LogP) is 0.121. The van der Waals surface area contributed by atoms with Crippen molar-refractivity contribution in [3.05, 3.63) is 0 Å². The summed E-state index contributed by atoms with van der Waals surface area (Å²) in [4.78, 5) is 0.